The molecule has 0 aliphatic carbocycles. The number of carbonyl (C=O) groups excluding carboxylic acids is 1. The minimum atomic E-state index is -3.48. The molecule has 9 heteroatoms. The van der Waals surface area contributed by atoms with Crippen LogP contribution in [-0.2, 0) is 21.7 Å². The largest absolute Gasteiger partial charge is 0.474 e. The Hall–Kier alpha value is -3.20. The van der Waals surface area contributed by atoms with Gasteiger partial charge in [-0.2, -0.15) is 0 Å². The van der Waals surface area contributed by atoms with Crippen molar-refractivity contribution in [1.29, 1.82) is 0 Å². The van der Waals surface area contributed by atoms with Crippen molar-refractivity contribution >= 4 is 32.2 Å². The molecular formula is C21H21N3O5S. The summed E-state index contributed by atoms with van der Waals surface area (Å²) in [5.74, 6) is -0.813. The lowest BCUT2D eigenvalue weighted by Crippen LogP contribution is -2.41. The van der Waals surface area contributed by atoms with Gasteiger partial charge < -0.3 is 14.2 Å². The van der Waals surface area contributed by atoms with E-state index in [9.17, 15) is 18.0 Å². The number of aryl methyl sites for hydroxylation is 1. The first-order chi connectivity index (χ1) is 14.2. The predicted octanol–water partition coefficient (Wildman–Crippen LogP) is 1.68. The molecule has 30 heavy (non-hydrogen) atoms. The summed E-state index contributed by atoms with van der Waals surface area (Å²) in [5.41, 5.74) is 2.62. The standard InChI is InChI=1S/C21H21N3O5S/c1-13-16(17-11-23(2)21(26)15-7-5-4-6-14(15)17)10-22-20-19(13)24(8-9-29-20)18(25)12-30(3,27)28/h4-7,10-11H,8-9,12H2,1-3H3. The van der Waals surface area contributed by atoms with Crippen molar-refractivity contribution in [3.63, 3.8) is 0 Å². The van der Waals surface area contributed by atoms with E-state index in [2.05, 4.69) is 4.98 Å². The lowest BCUT2D eigenvalue weighted by Gasteiger charge is -2.31. The van der Waals surface area contributed by atoms with E-state index < -0.39 is 21.5 Å². The number of benzene rings is 1. The van der Waals surface area contributed by atoms with Gasteiger partial charge in [0.1, 0.15) is 18.0 Å². The van der Waals surface area contributed by atoms with Crippen LogP contribution in [0.5, 0.6) is 5.88 Å². The Kier molecular flexibility index (Phi) is 4.85. The number of aromatic nitrogens is 2. The highest BCUT2D eigenvalue weighted by molar-refractivity contribution is 7.91. The van der Waals surface area contributed by atoms with E-state index in [0.717, 1.165) is 28.3 Å². The number of hydrogen-bond donors (Lipinski definition) is 0. The highest BCUT2D eigenvalue weighted by Gasteiger charge is 2.30. The normalized spacial score (nSPS) is 13.8. The van der Waals surface area contributed by atoms with Crippen LogP contribution < -0.4 is 15.2 Å². The fourth-order valence-corrected chi connectivity index (χ4v) is 4.40. The third kappa shape index (κ3) is 3.45. The molecule has 3 aromatic rings. The zero-order chi connectivity index (χ0) is 21.6. The summed E-state index contributed by atoms with van der Waals surface area (Å²) in [4.78, 5) is 31.0. The number of amides is 1. The Bertz CT molecular complexity index is 1340. The van der Waals surface area contributed by atoms with Crippen molar-refractivity contribution in [3.05, 3.63) is 52.6 Å². The molecule has 0 spiro atoms. The molecule has 0 N–H and O–H groups in total. The van der Waals surface area contributed by atoms with Gasteiger partial charge in [-0.15, -0.1) is 0 Å². The summed E-state index contributed by atoms with van der Waals surface area (Å²) >= 11 is 0. The van der Waals surface area contributed by atoms with Crippen LogP contribution in [0.2, 0.25) is 0 Å². The molecule has 0 saturated heterocycles. The van der Waals surface area contributed by atoms with Crippen LogP contribution >= 0.6 is 0 Å². The van der Waals surface area contributed by atoms with Crippen LogP contribution in [0, 0.1) is 6.92 Å². The molecule has 8 nitrogen and oxygen atoms in total. The molecule has 3 heterocycles. The third-order valence-corrected chi connectivity index (χ3v) is 5.94. The number of sulfone groups is 1. The van der Waals surface area contributed by atoms with Crippen molar-refractivity contribution in [2.45, 2.75) is 6.92 Å². The predicted molar refractivity (Wildman–Crippen MR) is 115 cm³/mol. The maximum atomic E-state index is 12.7. The summed E-state index contributed by atoms with van der Waals surface area (Å²) in [7, 11) is -1.80. The Morgan fingerprint density at radius 1 is 1.20 bits per heavy atom. The maximum absolute atomic E-state index is 12.7. The number of carbonyl (C=O) groups is 1. The molecule has 4 rings (SSSR count). The number of fused-ring (bicyclic) bond motifs is 2. The van der Waals surface area contributed by atoms with Crippen LogP contribution in [0.3, 0.4) is 0 Å². The van der Waals surface area contributed by atoms with E-state index in [0.29, 0.717) is 17.0 Å². The van der Waals surface area contributed by atoms with Gasteiger partial charge in [-0.3, -0.25) is 9.59 Å². The molecule has 1 amide bonds. The quantitative estimate of drug-likeness (QED) is 0.631. The molecule has 0 radical (unpaired) electrons. The van der Waals surface area contributed by atoms with Crippen molar-refractivity contribution in [3.8, 4) is 17.0 Å². The summed E-state index contributed by atoms with van der Waals surface area (Å²) in [5, 5.41) is 1.35. The Morgan fingerprint density at radius 2 is 1.90 bits per heavy atom. The summed E-state index contributed by atoms with van der Waals surface area (Å²) in [6, 6.07) is 7.31. The molecule has 0 bridgehead atoms. The number of rotatable bonds is 3. The highest BCUT2D eigenvalue weighted by Crippen LogP contribution is 2.39. The zero-order valence-corrected chi connectivity index (χ0v) is 17.7. The summed E-state index contributed by atoms with van der Waals surface area (Å²) in [6.45, 7) is 2.31. The van der Waals surface area contributed by atoms with E-state index in [-0.39, 0.29) is 18.7 Å². The fraction of sp³-hybridized carbons (Fsp3) is 0.286. The maximum Gasteiger partial charge on any atom is 0.258 e. The lowest BCUT2D eigenvalue weighted by atomic mass is 9.97. The minimum absolute atomic E-state index is 0.105. The number of hydrogen-bond acceptors (Lipinski definition) is 6. The van der Waals surface area contributed by atoms with Crippen molar-refractivity contribution in [2.75, 3.05) is 30.1 Å². The van der Waals surface area contributed by atoms with Crippen molar-refractivity contribution in [2.24, 2.45) is 7.05 Å². The van der Waals surface area contributed by atoms with E-state index in [1.54, 1.807) is 25.5 Å². The lowest BCUT2D eigenvalue weighted by molar-refractivity contribution is -0.116. The molecule has 0 unspecified atom stereocenters. The minimum Gasteiger partial charge on any atom is -0.474 e. The van der Waals surface area contributed by atoms with Gasteiger partial charge in [0.15, 0.2) is 9.84 Å². The molecule has 1 aliphatic rings. The topological polar surface area (TPSA) is 98.6 Å². The van der Waals surface area contributed by atoms with Gasteiger partial charge >= 0.3 is 0 Å². The van der Waals surface area contributed by atoms with Crippen LogP contribution in [0.1, 0.15) is 5.56 Å². The van der Waals surface area contributed by atoms with E-state index >= 15 is 0 Å². The fourth-order valence-electron chi connectivity index (χ4n) is 3.79. The monoisotopic (exact) mass is 427 g/mol. The molecule has 2 aromatic heterocycles. The van der Waals surface area contributed by atoms with Gasteiger partial charge in [-0.25, -0.2) is 13.4 Å². The Balaban J connectivity index is 1.93. The van der Waals surface area contributed by atoms with Crippen LogP contribution in [0.4, 0.5) is 5.69 Å². The van der Waals surface area contributed by atoms with Gasteiger partial charge in [0.05, 0.1) is 6.54 Å². The van der Waals surface area contributed by atoms with Crippen LogP contribution in [-0.4, -0.2) is 49.0 Å². The zero-order valence-electron chi connectivity index (χ0n) is 16.9. The Labute approximate surface area is 173 Å². The van der Waals surface area contributed by atoms with E-state index in [4.69, 9.17) is 4.74 Å². The molecule has 0 fully saturated rings. The van der Waals surface area contributed by atoms with Gasteiger partial charge in [0, 0.05) is 42.2 Å². The summed E-state index contributed by atoms with van der Waals surface area (Å²) in [6.07, 6.45) is 4.43. The number of nitrogens with zero attached hydrogens (tertiary/aromatic N) is 3. The van der Waals surface area contributed by atoms with Gasteiger partial charge in [0.2, 0.25) is 11.8 Å². The number of anilines is 1. The first-order valence-corrected chi connectivity index (χ1v) is 11.4. The second-order valence-corrected chi connectivity index (χ2v) is 9.56. The van der Waals surface area contributed by atoms with Crippen molar-refractivity contribution in [1.82, 2.24) is 9.55 Å². The smallest absolute Gasteiger partial charge is 0.258 e. The van der Waals surface area contributed by atoms with Crippen molar-refractivity contribution < 1.29 is 17.9 Å². The van der Waals surface area contributed by atoms with E-state index in [1.807, 2.05) is 25.1 Å². The molecule has 0 saturated carbocycles. The van der Waals surface area contributed by atoms with Crippen LogP contribution in [0.15, 0.2) is 41.5 Å². The second kappa shape index (κ2) is 7.24. The van der Waals surface area contributed by atoms with Gasteiger partial charge in [-0.05, 0) is 23.9 Å². The SMILES string of the molecule is Cc1c(-c2cn(C)c(=O)c3ccccc23)cnc2c1N(C(=O)CS(C)(=O)=O)CCO2. The van der Waals surface area contributed by atoms with E-state index in [1.165, 1.54) is 9.47 Å². The number of pyridine rings is 2. The first-order valence-electron chi connectivity index (χ1n) is 9.36. The molecular weight excluding hydrogens is 406 g/mol. The van der Waals surface area contributed by atoms with Crippen LogP contribution in [0.25, 0.3) is 21.9 Å². The third-order valence-electron chi connectivity index (χ3n) is 5.16. The average molecular weight is 427 g/mol. The van der Waals surface area contributed by atoms with Gasteiger partial charge in [-0.1, -0.05) is 18.2 Å². The van der Waals surface area contributed by atoms with Gasteiger partial charge in [0.25, 0.3) is 5.56 Å². The molecule has 1 aliphatic heterocycles. The second-order valence-electron chi connectivity index (χ2n) is 7.42. The summed E-state index contributed by atoms with van der Waals surface area (Å²) < 4.78 is 30.5. The molecule has 1 aromatic carbocycles. The molecule has 156 valence electrons. The molecule has 0 atom stereocenters. The number of ether oxygens (including phenoxy) is 1. The first kappa shape index (κ1) is 20.1. The average Bonchev–Trinajstić information content (AvgIpc) is 2.70. The Morgan fingerprint density at radius 3 is 2.60 bits per heavy atom. The highest BCUT2D eigenvalue weighted by atomic mass is 32.2.